The quantitative estimate of drug-likeness (QED) is 0.257. The van der Waals surface area contributed by atoms with Crippen molar-refractivity contribution in [1.29, 1.82) is 0 Å². The Bertz CT molecular complexity index is 2020. The number of anilines is 2. The molecule has 0 unspecified atom stereocenters. The largest absolute Gasteiger partial charge is 0.508 e. The number of aryl methyl sites for hydroxylation is 2. The number of fused-ring (bicyclic) bond motifs is 4. The molecule has 11 nitrogen and oxygen atoms in total. The number of rotatable bonds is 7. The number of aromatic hydroxyl groups is 1. The zero-order valence-electron chi connectivity index (χ0n) is 29.3. The molecule has 2 saturated heterocycles. The Morgan fingerprint density at radius 2 is 1.96 bits per heavy atom. The standard InChI is InChI=1S/C37H43BrF2N8O3/c1-4-25-27(40)8-7-22-15-24(49)16-29(31(22)25)45-14-9-26-28(19-45)41-36(51-21-37-10-5-12-47(37)18-23(39)17-37)42-34(26)46-11-6-13-48-30(20-46)32(38)33(43-48)35(50)44(2)3/h7-8,15-16,23,49H,4-6,9-14,17-21H2,1-3H3/t23-,37+/m1/s1. The van der Waals surface area contributed by atoms with Crippen LogP contribution in [-0.4, -0.2) is 99.2 Å². The second kappa shape index (κ2) is 13.2. The first kappa shape index (κ1) is 34.1. The van der Waals surface area contributed by atoms with Crippen molar-refractivity contribution in [2.45, 2.75) is 76.8 Å². The zero-order valence-corrected chi connectivity index (χ0v) is 30.8. The molecular formula is C37H43BrF2N8O3. The molecule has 0 aliphatic carbocycles. The molecule has 1 N–H and O–H groups in total. The molecule has 6 heterocycles. The Labute approximate surface area is 304 Å². The van der Waals surface area contributed by atoms with Gasteiger partial charge in [0, 0.05) is 69.4 Å². The minimum absolute atomic E-state index is 0.117. The topological polar surface area (TPSA) is 103 Å². The molecule has 14 heteroatoms. The Balaban J connectivity index is 1.18. The van der Waals surface area contributed by atoms with E-state index in [9.17, 15) is 14.3 Å². The number of amides is 1. The average molecular weight is 766 g/mol. The Hall–Kier alpha value is -4.04. The van der Waals surface area contributed by atoms with Gasteiger partial charge in [-0.15, -0.1) is 0 Å². The van der Waals surface area contributed by atoms with E-state index >= 15 is 4.39 Å². The molecule has 0 saturated carbocycles. The van der Waals surface area contributed by atoms with Crippen LogP contribution in [0.5, 0.6) is 11.8 Å². The fourth-order valence-electron chi connectivity index (χ4n) is 8.65. The molecule has 4 aromatic rings. The van der Waals surface area contributed by atoms with Gasteiger partial charge in [0.05, 0.1) is 34.5 Å². The second-order valence-corrected chi connectivity index (χ2v) is 15.3. The molecule has 270 valence electrons. The summed E-state index contributed by atoms with van der Waals surface area (Å²) < 4.78 is 38.8. The van der Waals surface area contributed by atoms with E-state index < -0.39 is 6.17 Å². The Kier molecular flexibility index (Phi) is 8.80. The van der Waals surface area contributed by atoms with Crippen molar-refractivity contribution in [1.82, 2.24) is 29.5 Å². The number of alkyl halides is 1. The van der Waals surface area contributed by atoms with Crippen LogP contribution in [0.4, 0.5) is 20.3 Å². The van der Waals surface area contributed by atoms with Crippen LogP contribution in [0.25, 0.3) is 10.8 Å². The van der Waals surface area contributed by atoms with E-state index in [4.69, 9.17) is 14.7 Å². The summed E-state index contributed by atoms with van der Waals surface area (Å²) in [5.74, 6) is 0.455. The predicted molar refractivity (Wildman–Crippen MR) is 194 cm³/mol. The molecule has 51 heavy (non-hydrogen) atoms. The summed E-state index contributed by atoms with van der Waals surface area (Å²) in [6.07, 6.45) is 3.36. The molecular weight excluding hydrogens is 722 g/mol. The van der Waals surface area contributed by atoms with Crippen LogP contribution in [0, 0.1) is 5.82 Å². The lowest BCUT2D eigenvalue weighted by Crippen LogP contribution is -2.43. The highest BCUT2D eigenvalue weighted by Gasteiger charge is 2.49. The van der Waals surface area contributed by atoms with Gasteiger partial charge in [0.1, 0.15) is 30.2 Å². The van der Waals surface area contributed by atoms with Crippen LogP contribution in [-0.2, 0) is 32.5 Å². The number of carbonyl (C=O) groups is 1. The molecule has 2 aromatic heterocycles. The van der Waals surface area contributed by atoms with E-state index in [-0.39, 0.29) is 29.0 Å². The molecule has 0 bridgehead atoms. The van der Waals surface area contributed by atoms with Gasteiger partial charge in [0.2, 0.25) is 0 Å². The first-order valence-corrected chi connectivity index (χ1v) is 18.7. The summed E-state index contributed by atoms with van der Waals surface area (Å²) in [6, 6.07) is 6.82. The fraction of sp³-hybridized carbons (Fsp3) is 0.514. The monoisotopic (exact) mass is 764 g/mol. The first-order valence-electron chi connectivity index (χ1n) is 17.9. The van der Waals surface area contributed by atoms with Gasteiger partial charge < -0.3 is 24.5 Å². The van der Waals surface area contributed by atoms with E-state index in [2.05, 4.69) is 35.7 Å². The summed E-state index contributed by atoms with van der Waals surface area (Å²) in [4.78, 5) is 31.1. The molecule has 0 radical (unpaired) electrons. The van der Waals surface area contributed by atoms with Crippen molar-refractivity contribution in [2.75, 3.05) is 56.7 Å². The molecule has 4 aliphatic rings. The Morgan fingerprint density at radius 3 is 2.76 bits per heavy atom. The summed E-state index contributed by atoms with van der Waals surface area (Å²) in [5.41, 5.74) is 4.09. The fourth-order valence-corrected chi connectivity index (χ4v) is 9.23. The van der Waals surface area contributed by atoms with Crippen LogP contribution < -0.4 is 14.5 Å². The van der Waals surface area contributed by atoms with Crippen molar-refractivity contribution in [3.05, 3.63) is 62.8 Å². The van der Waals surface area contributed by atoms with E-state index in [0.29, 0.717) is 80.9 Å². The molecule has 1 amide bonds. The maximum Gasteiger partial charge on any atom is 0.318 e. The number of carbonyl (C=O) groups excluding carboxylic acids is 1. The zero-order chi connectivity index (χ0) is 35.6. The van der Waals surface area contributed by atoms with Crippen LogP contribution in [0.2, 0.25) is 0 Å². The number of hydrogen-bond acceptors (Lipinski definition) is 9. The van der Waals surface area contributed by atoms with E-state index in [0.717, 1.165) is 65.0 Å². The highest BCUT2D eigenvalue weighted by Crippen LogP contribution is 2.42. The van der Waals surface area contributed by atoms with Crippen LogP contribution in [0.1, 0.15) is 65.6 Å². The van der Waals surface area contributed by atoms with E-state index in [1.165, 1.54) is 11.0 Å². The number of benzene rings is 2. The van der Waals surface area contributed by atoms with Gasteiger partial charge in [-0.3, -0.25) is 14.4 Å². The number of aromatic nitrogens is 4. The number of phenols is 1. The summed E-state index contributed by atoms with van der Waals surface area (Å²) >= 11 is 3.69. The van der Waals surface area contributed by atoms with Gasteiger partial charge in [-0.05, 0) is 77.7 Å². The molecule has 0 spiro atoms. The van der Waals surface area contributed by atoms with Gasteiger partial charge >= 0.3 is 6.01 Å². The lowest BCUT2D eigenvalue weighted by Gasteiger charge is -2.35. The van der Waals surface area contributed by atoms with Gasteiger partial charge in [-0.2, -0.15) is 15.1 Å². The normalized spacial score (nSPS) is 21.8. The number of hydrogen-bond donors (Lipinski definition) is 1. The molecule has 4 aliphatic heterocycles. The van der Waals surface area contributed by atoms with Gasteiger partial charge in [0.25, 0.3) is 5.91 Å². The molecule has 8 rings (SSSR count). The average Bonchev–Trinajstić information content (AvgIpc) is 3.68. The lowest BCUT2D eigenvalue weighted by molar-refractivity contribution is 0.0820. The van der Waals surface area contributed by atoms with Crippen LogP contribution in [0.3, 0.4) is 0 Å². The van der Waals surface area contributed by atoms with E-state index in [1.807, 2.05) is 11.6 Å². The van der Waals surface area contributed by atoms with Crippen molar-refractivity contribution in [2.24, 2.45) is 0 Å². The van der Waals surface area contributed by atoms with Crippen LogP contribution >= 0.6 is 15.9 Å². The number of phenolic OH excluding ortho intramolecular Hbond substituents is 1. The van der Waals surface area contributed by atoms with Crippen molar-refractivity contribution in [3.8, 4) is 11.8 Å². The van der Waals surface area contributed by atoms with Gasteiger partial charge in [-0.1, -0.05) is 13.0 Å². The predicted octanol–water partition coefficient (Wildman–Crippen LogP) is 5.63. The lowest BCUT2D eigenvalue weighted by atomic mass is 9.95. The van der Waals surface area contributed by atoms with E-state index in [1.54, 1.807) is 32.3 Å². The Morgan fingerprint density at radius 1 is 1.12 bits per heavy atom. The molecule has 2 fully saturated rings. The second-order valence-electron chi connectivity index (χ2n) is 14.5. The minimum atomic E-state index is -0.873. The van der Waals surface area contributed by atoms with Crippen molar-refractivity contribution in [3.63, 3.8) is 0 Å². The van der Waals surface area contributed by atoms with Crippen molar-refractivity contribution >= 4 is 44.1 Å². The maximum absolute atomic E-state index is 15.1. The highest BCUT2D eigenvalue weighted by molar-refractivity contribution is 9.10. The van der Waals surface area contributed by atoms with Crippen molar-refractivity contribution < 1.29 is 23.4 Å². The number of nitrogens with zero attached hydrogens (tertiary/aromatic N) is 8. The smallest absolute Gasteiger partial charge is 0.318 e. The maximum atomic E-state index is 15.1. The summed E-state index contributed by atoms with van der Waals surface area (Å²) in [6.45, 7) is 6.38. The minimum Gasteiger partial charge on any atom is -0.508 e. The number of ether oxygens (including phenoxy) is 1. The van der Waals surface area contributed by atoms with Gasteiger partial charge in [-0.25, -0.2) is 8.78 Å². The SMILES string of the molecule is CCc1c(F)ccc2cc(O)cc(N3CCc4c(nc(OC[C@@]56CCCN5C[C@H](F)C6)nc4N4CCCn5nc(C(=O)N(C)C)c(Br)c5C4)C3)c12. The highest BCUT2D eigenvalue weighted by atomic mass is 79.9. The number of halogens is 3. The third kappa shape index (κ3) is 5.97. The third-order valence-electron chi connectivity index (χ3n) is 11.1. The van der Waals surface area contributed by atoms with Gasteiger partial charge in [0.15, 0.2) is 5.69 Å². The molecule has 2 atom stereocenters. The summed E-state index contributed by atoms with van der Waals surface area (Å²) in [5, 5.41) is 17.0. The first-order chi connectivity index (χ1) is 24.5. The molecule has 2 aromatic carbocycles. The third-order valence-corrected chi connectivity index (χ3v) is 12.0. The van der Waals surface area contributed by atoms with Crippen LogP contribution in [0.15, 0.2) is 28.7 Å². The summed E-state index contributed by atoms with van der Waals surface area (Å²) in [7, 11) is 3.43.